The van der Waals surface area contributed by atoms with Crippen molar-refractivity contribution in [2.45, 2.75) is 6.54 Å². The molecule has 0 radical (unpaired) electrons. The van der Waals surface area contributed by atoms with Crippen molar-refractivity contribution >= 4 is 11.5 Å². The summed E-state index contributed by atoms with van der Waals surface area (Å²) in [6.07, 6.45) is 5.19. The third kappa shape index (κ3) is 2.80. The highest BCUT2D eigenvalue weighted by molar-refractivity contribution is 5.63. The molecule has 0 N–H and O–H groups in total. The summed E-state index contributed by atoms with van der Waals surface area (Å²) < 4.78 is 28.6. The molecular formula is C16H16F2N6. The first-order chi connectivity index (χ1) is 11.7. The molecule has 0 atom stereocenters. The van der Waals surface area contributed by atoms with Crippen LogP contribution in [0.5, 0.6) is 0 Å². The SMILES string of the molecule is Fc1ccc(CN2CCN(c3nccn4cnnc34)CC2)c(F)c1. The molecule has 0 amide bonds. The van der Waals surface area contributed by atoms with Crippen LogP contribution in [0.15, 0.2) is 36.9 Å². The molecule has 1 saturated heterocycles. The van der Waals surface area contributed by atoms with E-state index in [1.165, 1.54) is 12.1 Å². The van der Waals surface area contributed by atoms with Gasteiger partial charge in [-0.2, -0.15) is 0 Å². The van der Waals surface area contributed by atoms with E-state index in [4.69, 9.17) is 0 Å². The van der Waals surface area contributed by atoms with Crippen molar-refractivity contribution in [3.8, 4) is 0 Å². The standard InChI is InChI=1S/C16H16F2N6/c17-13-2-1-12(14(18)9-13)10-22-5-7-23(8-6-22)15-16-21-20-11-24(16)4-3-19-15/h1-4,9,11H,5-8,10H2. The van der Waals surface area contributed by atoms with Crippen LogP contribution in [0.1, 0.15) is 5.56 Å². The molecule has 3 heterocycles. The van der Waals surface area contributed by atoms with Crippen molar-refractivity contribution in [2.75, 3.05) is 31.1 Å². The fourth-order valence-corrected chi connectivity index (χ4v) is 2.98. The Morgan fingerprint density at radius 3 is 2.71 bits per heavy atom. The molecule has 8 heteroatoms. The summed E-state index contributed by atoms with van der Waals surface area (Å²) in [6, 6.07) is 3.74. The minimum absolute atomic E-state index is 0.475. The van der Waals surface area contributed by atoms with Gasteiger partial charge in [0.25, 0.3) is 0 Å². The van der Waals surface area contributed by atoms with E-state index >= 15 is 0 Å². The van der Waals surface area contributed by atoms with Crippen LogP contribution in [0.3, 0.4) is 0 Å². The number of rotatable bonds is 3. The zero-order chi connectivity index (χ0) is 16.5. The second kappa shape index (κ2) is 6.12. The van der Waals surface area contributed by atoms with E-state index in [-0.39, 0.29) is 0 Å². The van der Waals surface area contributed by atoms with Crippen molar-refractivity contribution in [2.24, 2.45) is 0 Å². The normalized spacial score (nSPS) is 16.0. The molecule has 0 unspecified atom stereocenters. The van der Waals surface area contributed by atoms with Gasteiger partial charge in [-0.25, -0.2) is 13.8 Å². The van der Waals surface area contributed by atoms with Crippen LogP contribution in [-0.4, -0.2) is 50.7 Å². The van der Waals surface area contributed by atoms with E-state index in [1.54, 1.807) is 12.5 Å². The van der Waals surface area contributed by atoms with Gasteiger partial charge in [0.2, 0.25) is 5.65 Å². The molecule has 4 rings (SSSR count). The molecule has 2 aromatic heterocycles. The molecule has 6 nitrogen and oxygen atoms in total. The highest BCUT2D eigenvalue weighted by atomic mass is 19.1. The van der Waals surface area contributed by atoms with E-state index in [2.05, 4.69) is 25.0 Å². The lowest BCUT2D eigenvalue weighted by atomic mass is 10.2. The molecule has 0 bridgehead atoms. The summed E-state index contributed by atoms with van der Waals surface area (Å²) >= 11 is 0. The van der Waals surface area contributed by atoms with Crippen molar-refractivity contribution in [1.29, 1.82) is 0 Å². The van der Waals surface area contributed by atoms with Crippen LogP contribution in [0.25, 0.3) is 5.65 Å². The predicted molar refractivity (Wildman–Crippen MR) is 84.6 cm³/mol. The topological polar surface area (TPSA) is 49.6 Å². The zero-order valence-corrected chi connectivity index (χ0v) is 12.9. The van der Waals surface area contributed by atoms with Gasteiger partial charge in [0.05, 0.1) is 0 Å². The van der Waals surface area contributed by atoms with Crippen LogP contribution in [0.4, 0.5) is 14.6 Å². The number of nitrogens with zero attached hydrogens (tertiary/aromatic N) is 6. The Kier molecular flexibility index (Phi) is 3.81. The van der Waals surface area contributed by atoms with E-state index < -0.39 is 11.6 Å². The minimum Gasteiger partial charge on any atom is -0.351 e. The number of piperazine rings is 1. The summed E-state index contributed by atoms with van der Waals surface area (Å²) in [5.41, 5.74) is 1.25. The van der Waals surface area contributed by atoms with Crippen molar-refractivity contribution in [3.63, 3.8) is 0 Å². The number of halogens is 2. The van der Waals surface area contributed by atoms with Crippen molar-refractivity contribution < 1.29 is 8.78 Å². The van der Waals surface area contributed by atoms with Crippen LogP contribution < -0.4 is 4.90 Å². The van der Waals surface area contributed by atoms with Gasteiger partial charge in [-0.3, -0.25) is 9.30 Å². The van der Waals surface area contributed by atoms with Gasteiger partial charge in [-0.15, -0.1) is 10.2 Å². The molecule has 1 fully saturated rings. The highest BCUT2D eigenvalue weighted by Gasteiger charge is 2.21. The molecule has 0 saturated carbocycles. The number of fused-ring (bicyclic) bond motifs is 1. The van der Waals surface area contributed by atoms with E-state index in [1.807, 2.05) is 10.6 Å². The van der Waals surface area contributed by atoms with E-state index in [9.17, 15) is 8.78 Å². The lowest BCUT2D eigenvalue weighted by Gasteiger charge is -2.35. The monoisotopic (exact) mass is 330 g/mol. The first kappa shape index (κ1) is 14.9. The molecule has 0 aliphatic carbocycles. The molecule has 1 aromatic carbocycles. The Labute approximate surface area is 137 Å². The number of anilines is 1. The Balaban J connectivity index is 1.44. The first-order valence-electron chi connectivity index (χ1n) is 7.76. The largest absolute Gasteiger partial charge is 0.351 e. The van der Waals surface area contributed by atoms with Crippen LogP contribution in [-0.2, 0) is 6.54 Å². The number of hydrogen-bond acceptors (Lipinski definition) is 5. The first-order valence-corrected chi connectivity index (χ1v) is 7.76. The molecule has 3 aromatic rings. The average Bonchev–Trinajstić information content (AvgIpc) is 3.07. The van der Waals surface area contributed by atoms with Gasteiger partial charge < -0.3 is 4.90 Å². The summed E-state index contributed by atoms with van der Waals surface area (Å²) in [5.74, 6) is -0.233. The number of aromatic nitrogens is 4. The van der Waals surface area contributed by atoms with Crippen LogP contribution >= 0.6 is 0 Å². The van der Waals surface area contributed by atoms with E-state index in [0.29, 0.717) is 12.1 Å². The Morgan fingerprint density at radius 2 is 1.92 bits per heavy atom. The van der Waals surface area contributed by atoms with E-state index in [0.717, 1.165) is 43.7 Å². The maximum atomic E-state index is 13.8. The van der Waals surface area contributed by atoms with Gasteiger partial charge in [-0.05, 0) is 6.07 Å². The highest BCUT2D eigenvalue weighted by Crippen LogP contribution is 2.19. The molecule has 1 aliphatic rings. The fraction of sp³-hybridized carbons (Fsp3) is 0.312. The van der Waals surface area contributed by atoms with Gasteiger partial charge >= 0.3 is 0 Å². The summed E-state index contributed by atoms with van der Waals surface area (Å²) in [7, 11) is 0. The summed E-state index contributed by atoms with van der Waals surface area (Å²) in [5, 5.41) is 8.02. The second-order valence-electron chi connectivity index (χ2n) is 5.81. The molecule has 0 spiro atoms. The fourth-order valence-electron chi connectivity index (χ4n) is 2.98. The van der Waals surface area contributed by atoms with Gasteiger partial charge in [-0.1, -0.05) is 6.07 Å². The molecule has 24 heavy (non-hydrogen) atoms. The third-order valence-corrected chi connectivity index (χ3v) is 4.28. The van der Waals surface area contributed by atoms with Gasteiger partial charge in [0.1, 0.15) is 18.0 Å². The molecular weight excluding hydrogens is 314 g/mol. The van der Waals surface area contributed by atoms with Gasteiger partial charge in [0, 0.05) is 56.7 Å². The van der Waals surface area contributed by atoms with Gasteiger partial charge in [0.15, 0.2) is 5.82 Å². The maximum Gasteiger partial charge on any atom is 0.203 e. The van der Waals surface area contributed by atoms with Crippen molar-refractivity contribution in [1.82, 2.24) is 24.5 Å². The quantitative estimate of drug-likeness (QED) is 0.732. The average molecular weight is 330 g/mol. The Bertz CT molecular complexity index is 857. The Hall–Kier alpha value is -2.61. The number of hydrogen-bond donors (Lipinski definition) is 0. The zero-order valence-electron chi connectivity index (χ0n) is 12.9. The van der Waals surface area contributed by atoms with Crippen LogP contribution in [0, 0.1) is 11.6 Å². The van der Waals surface area contributed by atoms with Crippen molar-refractivity contribution in [3.05, 3.63) is 54.1 Å². The number of benzene rings is 1. The lowest BCUT2D eigenvalue weighted by molar-refractivity contribution is 0.246. The van der Waals surface area contributed by atoms with Crippen LogP contribution in [0.2, 0.25) is 0 Å². The molecule has 1 aliphatic heterocycles. The maximum absolute atomic E-state index is 13.8. The second-order valence-corrected chi connectivity index (χ2v) is 5.81. The minimum atomic E-state index is -0.548. The smallest absolute Gasteiger partial charge is 0.203 e. The summed E-state index contributed by atoms with van der Waals surface area (Å²) in [6.45, 7) is 3.55. The lowest BCUT2D eigenvalue weighted by Crippen LogP contribution is -2.46. The third-order valence-electron chi connectivity index (χ3n) is 4.28. The molecule has 124 valence electrons. The Morgan fingerprint density at radius 1 is 1.08 bits per heavy atom. The predicted octanol–water partition coefficient (Wildman–Crippen LogP) is 1.72. The summed E-state index contributed by atoms with van der Waals surface area (Å²) in [4.78, 5) is 8.72.